The van der Waals surface area contributed by atoms with E-state index in [1.54, 1.807) is 11.3 Å². The predicted molar refractivity (Wildman–Crippen MR) is 258 cm³/mol. The van der Waals surface area contributed by atoms with E-state index in [1.807, 2.05) is 0 Å². The highest BCUT2D eigenvalue weighted by Crippen LogP contribution is 2.50. The number of rotatable bonds is 6. The number of fused-ring (bicyclic) bond motifs is 1. The molecule has 5 aromatic carbocycles. The zero-order valence-electron chi connectivity index (χ0n) is 35.3. The second-order valence-electron chi connectivity index (χ2n) is 18.4. The van der Waals surface area contributed by atoms with Gasteiger partial charge in [0.25, 0.3) is 0 Å². The van der Waals surface area contributed by atoms with E-state index < -0.39 is 0 Å². The van der Waals surface area contributed by atoms with Crippen LogP contribution in [0.5, 0.6) is 0 Å². The number of anilines is 6. The largest absolute Gasteiger partial charge is 0.310 e. The van der Waals surface area contributed by atoms with Gasteiger partial charge in [0, 0.05) is 32.5 Å². The molecule has 0 aliphatic heterocycles. The van der Waals surface area contributed by atoms with Crippen LogP contribution in [-0.2, 0) is 16.2 Å². The first-order chi connectivity index (χ1) is 25.1. The normalized spacial score (nSPS) is 12.4. The fraction of sp³-hybridized carbons (Fsp3) is 0.289. The highest BCUT2D eigenvalue weighted by molar-refractivity contribution is 7.17. The van der Waals surface area contributed by atoms with E-state index in [1.165, 1.54) is 59.8 Å². The minimum absolute atomic E-state index is 0.0177. The van der Waals surface area contributed by atoms with Gasteiger partial charge in [-0.05, 0) is 94.0 Å². The van der Waals surface area contributed by atoms with Crippen molar-refractivity contribution in [1.82, 2.24) is 0 Å². The van der Waals surface area contributed by atoms with Crippen LogP contribution in [-0.4, -0.2) is 39.2 Å². The van der Waals surface area contributed by atoms with Crippen LogP contribution in [0.15, 0.2) is 84.2 Å². The number of hydrogen-bond acceptors (Lipinski definition) is 3. The molecule has 0 aliphatic rings. The van der Waals surface area contributed by atoms with Crippen molar-refractivity contribution in [3.05, 3.63) is 112 Å². The van der Waals surface area contributed by atoms with E-state index in [2.05, 4.69) is 203 Å². The Hall–Kier alpha value is -3.73. The van der Waals surface area contributed by atoms with E-state index >= 15 is 0 Å². The van der Waals surface area contributed by atoms with Crippen LogP contribution in [0.3, 0.4) is 0 Å². The molecule has 0 atom stereocenters. The van der Waals surface area contributed by atoms with Crippen LogP contribution in [0, 0.1) is 6.92 Å². The van der Waals surface area contributed by atoms with Crippen molar-refractivity contribution in [3.63, 3.8) is 0 Å². The molecule has 0 radical (unpaired) electrons. The maximum Gasteiger partial charge on any atom is 0.141 e. The van der Waals surface area contributed by atoms with Crippen LogP contribution in [0.2, 0.25) is 5.02 Å². The molecule has 54 heavy (non-hydrogen) atoms. The van der Waals surface area contributed by atoms with E-state index in [4.69, 9.17) is 11.6 Å². The van der Waals surface area contributed by atoms with Crippen LogP contribution in [0.4, 0.5) is 34.1 Å². The first-order valence-electron chi connectivity index (χ1n) is 19.3. The van der Waals surface area contributed by atoms with Gasteiger partial charge in [-0.3, -0.25) is 0 Å². The number of aryl methyl sites for hydroxylation is 1. The van der Waals surface area contributed by atoms with Gasteiger partial charge in [0.05, 0.1) is 22.1 Å². The molecule has 0 spiro atoms. The average Bonchev–Trinajstić information content (AvgIpc) is 3.52. The van der Waals surface area contributed by atoms with Crippen molar-refractivity contribution in [2.75, 3.05) is 9.80 Å². The summed E-state index contributed by atoms with van der Waals surface area (Å²) in [5, 5.41) is 4.25. The Morgan fingerprint density at radius 3 is 1.37 bits per heavy atom. The minimum Gasteiger partial charge on any atom is -0.310 e. The van der Waals surface area contributed by atoms with Gasteiger partial charge in [0.1, 0.15) is 39.2 Å². The van der Waals surface area contributed by atoms with Gasteiger partial charge in [-0.2, -0.15) is 0 Å². The van der Waals surface area contributed by atoms with Crippen LogP contribution in [0.1, 0.15) is 84.6 Å². The molecule has 6 aromatic rings. The molecule has 0 amide bonds. The lowest BCUT2D eigenvalue weighted by atomic mass is 9.61. The lowest BCUT2D eigenvalue weighted by molar-refractivity contribution is 0.590. The minimum atomic E-state index is 0.0177. The summed E-state index contributed by atoms with van der Waals surface area (Å²) in [7, 11) is 11.3. The summed E-state index contributed by atoms with van der Waals surface area (Å²) in [6.07, 6.45) is 0. The maximum absolute atomic E-state index is 7.94. The van der Waals surface area contributed by atoms with Gasteiger partial charge in [-0.25, -0.2) is 0 Å². The molecule has 0 saturated carbocycles. The molecule has 0 fully saturated rings. The lowest BCUT2D eigenvalue weighted by Crippen LogP contribution is -2.56. The molecule has 0 aliphatic carbocycles. The zero-order chi connectivity index (χ0) is 39.7. The summed E-state index contributed by atoms with van der Waals surface area (Å²) >= 11 is 9.72. The molecule has 1 heterocycles. The second kappa shape index (κ2) is 14.4. The molecule has 0 saturated heterocycles. The summed E-state index contributed by atoms with van der Waals surface area (Å²) in [6, 6.07) is 29.6. The molecule has 0 N–H and O–H groups in total. The maximum atomic E-state index is 7.94. The van der Waals surface area contributed by atoms with Crippen molar-refractivity contribution in [3.8, 4) is 0 Å². The fourth-order valence-electron chi connectivity index (χ4n) is 7.54. The lowest BCUT2D eigenvalue weighted by Gasteiger charge is -2.35. The number of thiophene rings is 1. The molecule has 0 bridgehead atoms. The third-order valence-corrected chi connectivity index (χ3v) is 12.8. The summed E-state index contributed by atoms with van der Waals surface area (Å²) < 4.78 is 1.26. The van der Waals surface area contributed by atoms with E-state index in [0.717, 1.165) is 34.0 Å². The number of hydrogen-bond donors (Lipinski definition) is 0. The summed E-state index contributed by atoms with van der Waals surface area (Å²) in [4.78, 5) is 4.81. The Bertz CT molecular complexity index is 2330. The third-order valence-electron chi connectivity index (χ3n) is 11.5. The highest BCUT2D eigenvalue weighted by atomic mass is 35.5. The monoisotopic (exact) mass is 744 g/mol. The first kappa shape index (κ1) is 40.0. The van der Waals surface area contributed by atoms with Gasteiger partial charge >= 0.3 is 0 Å². The molecular weight excluding hydrogens is 690 g/mol. The topological polar surface area (TPSA) is 6.48 Å². The summed E-state index contributed by atoms with van der Waals surface area (Å²) in [5.41, 5.74) is 18.1. The molecule has 9 heteroatoms. The number of halogens is 1. The molecule has 0 unspecified atom stereocenters. The SMILES string of the molecule is Bc1c(B)c(B)c(N(c2ccc(C(C)(C)C)cc2)c2cc(C)cc(N(c3ccc(C(C)(C)C)cc3)c3csc4ccc(C(C)(C)C)cc34)c2Cl)c(B)c1B. The van der Waals surface area contributed by atoms with Crippen LogP contribution >= 0.6 is 22.9 Å². The summed E-state index contributed by atoms with van der Waals surface area (Å²) in [6.45, 7) is 22.7. The Morgan fingerprint density at radius 2 is 0.907 bits per heavy atom. The molecule has 6 rings (SSSR count). The van der Waals surface area contributed by atoms with Crippen molar-refractivity contribution >= 4 is 134 Å². The summed E-state index contributed by atoms with van der Waals surface area (Å²) in [5.74, 6) is 0. The molecule has 272 valence electrons. The smallest absolute Gasteiger partial charge is 0.141 e. The second-order valence-corrected chi connectivity index (χ2v) is 19.7. The standard InChI is InChI=1S/C45H54B5ClN2S/c1-25-21-32(52(29-16-11-26(12-17-29)43(2,3)4)34-24-54-35-20-15-28(23-31(34)35)45(8,9)10)41(51)33(22-25)53(30-18-13-27(14-19-30)44(5,6)7)42-39(49)37(47)36(46)38(48)40(42)50/h11-24H,46-50H2,1-10H3. The van der Waals surface area contributed by atoms with Gasteiger partial charge in [-0.1, -0.05) is 126 Å². The third kappa shape index (κ3) is 7.46. The van der Waals surface area contributed by atoms with Crippen LogP contribution in [0.25, 0.3) is 10.1 Å². The highest BCUT2D eigenvalue weighted by Gasteiger charge is 2.28. The fourth-order valence-corrected chi connectivity index (χ4v) is 8.73. The van der Waals surface area contributed by atoms with Crippen molar-refractivity contribution in [2.24, 2.45) is 0 Å². The molecular formula is C45H54B5ClN2S. The first-order valence-corrected chi connectivity index (χ1v) is 20.6. The Balaban J connectivity index is 1.68. The quantitative estimate of drug-likeness (QED) is 0.194. The van der Waals surface area contributed by atoms with Gasteiger partial charge < -0.3 is 9.80 Å². The van der Waals surface area contributed by atoms with Gasteiger partial charge in [0.2, 0.25) is 0 Å². The molecule has 2 nitrogen and oxygen atoms in total. The van der Waals surface area contributed by atoms with Gasteiger partial charge in [-0.15, -0.1) is 16.8 Å². The molecule has 1 aromatic heterocycles. The van der Waals surface area contributed by atoms with Crippen LogP contribution < -0.4 is 37.1 Å². The Morgan fingerprint density at radius 1 is 0.500 bits per heavy atom. The van der Waals surface area contributed by atoms with E-state index in [0.29, 0.717) is 5.02 Å². The Labute approximate surface area is 338 Å². The van der Waals surface area contributed by atoms with Crippen molar-refractivity contribution < 1.29 is 0 Å². The van der Waals surface area contributed by atoms with E-state index in [-0.39, 0.29) is 16.2 Å². The Kier molecular flexibility index (Phi) is 10.7. The zero-order valence-corrected chi connectivity index (χ0v) is 36.8. The van der Waals surface area contributed by atoms with Crippen molar-refractivity contribution in [1.29, 1.82) is 0 Å². The average molecular weight is 745 g/mol. The van der Waals surface area contributed by atoms with E-state index in [9.17, 15) is 0 Å². The van der Waals surface area contributed by atoms with Crippen molar-refractivity contribution in [2.45, 2.75) is 85.5 Å². The van der Waals surface area contributed by atoms with Gasteiger partial charge in [0.15, 0.2) is 0 Å². The predicted octanol–water partition coefficient (Wildman–Crippen LogP) is 5.99. The number of benzene rings is 5. The number of nitrogens with zero attached hydrogens (tertiary/aromatic N) is 2.